The summed E-state index contributed by atoms with van der Waals surface area (Å²) in [4.78, 5) is 4.02. The number of hydrogen-bond donors (Lipinski definition) is 0. The Morgan fingerprint density at radius 2 is 1.81 bits per heavy atom. The first-order valence-electron chi connectivity index (χ1n) is 7.04. The van der Waals surface area contributed by atoms with Gasteiger partial charge < -0.3 is 4.57 Å². The molecule has 1 aliphatic carbocycles. The van der Waals surface area contributed by atoms with Crippen molar-refractivity contribution in [3.63, 3.8) is 0 Å². The average molecular weight is 302 g/mol. The molecule has 116 valence electrons. The predicted molar refractivity (Wildman–Crippen MR) is 74.0 cm³/mol. The van der Waals surface area contributed by atoms with Crippen LogP contribution in [-0.4, -0.2) is 15.7 Å². The summed E-state index contributed by atoms with van der Waals surface area (Å²) in [5, 5.41) is 0. The third-order valence-electron chi connectivity index (χ3n) is 3.57. The summed E-state index contributed by atoms with van der Waals surface area (Å²) in [6.45, 7) is 5.61. The largest absolute Gasteiger partial charge is 0.418 e. The molecule has 0 unspecified atom stereocenters. The van der Waals surface area contributed by atoms with Gasteiger partial charge >= 0.3 is 6.18 Å². The molecule has 1 aromatic carbocycles. The molecule has 2 nitrogen and oxygen atoms in total. The second-order valence-electron chi connectivity index (χ2n) is 5.05. The lowest BCUT2D eigenvalue weighted by Gasteiger charge is -2.31. The van der Waals surface area contributed by atoms with Crippen LogP contribution < -0.4 is 0 Å². The van der Waals surface area contributed by atoms with E-state index in [4.69, 9.17) is 0 Å². The van der Waals surface area contributed by atoms with Crippen LogP contribution >= 0.6 is 0 Å². The smallest absolute Gasteiger partial charge is 0.327 e. The Morgan fingerprint density at radius 3 is 2.33 bits per heavy atom. The quantitative estimate of drug-likeness (QED) is 0.673. The molecule has 1 aromatic heterocycles. The van der Waals surface area contributed by atoms with Crippen LogP contribution in [0.1, 0.15) is 43.9 Å². The molecule has 0 saturated heterocycles. The van der Waals surface area contributed by atoms with Gasteiger partial charge in [0.1, 0.15) is 6.17 Å². The van der Waals surface area contributed by atoms with E-state index in [1.807, 2.05) is 13.8 Å². The van der Waals surface area contributed by atoms with Crippen molar-refractivity contribution in [2.45, 2.75) is 52.0 Å². The Hall–Kier alpha value is -1.59. The summed E-state index contributed by atoms with van der Waals surface area (Å²) in [5.74, 6) is 0. The first kappa shape index (κ1) is 15.8. The Balaban J connectivity index is 0.000000774. The summed E-state index contributed by atoms with van der Waals surface area (Å²) in [7, 11) is 0. The lowest BCUT2D eigenvalue weighted by Crippen LogP contribution is -2.28. The summed E-state index contributed by atoms with van der Waals surface area (Å²) >= 11 is 0. The highest BCUT2D eigenvalue weighted by Crippen LogP contribution is 2.41. The molecule has 1 aliphatic rings. The summed E-state index contributed by atoms with van der Waals surface area (Å²) in [6, 6.07) is 2.52. The molecule has 0 radical (unpaired) electrons. The van der Waals surface area contributed by atoms with Crippen molar-refractivity contribution < 1.29 is 17.6 Å². The topological polar surface area (TPSA) is 17.8 Å². The van der Waals surface area contributed by atoms with E-state index in [9.17, 15) is 17.6 Å². The zero-order valence-electron chi connectivity index (χ0n) is 12.2. The Morgan fingerprint density at radius 1 is 1.19 bits per heavy atom. The van der Waals surface area contributed by atoms with Crippen LogP contribution in [0, 0.1) is 6.92 Å². The Bertz CT molecular complexity index is 624. The number of alkyl halides is 4. The van der Waals surface area contributed by atoms with Crippen molar-refractivity contribution >= 4 is 11.0 Å². The second kappa shape index (κ2) is 5.66. The van der Waals surface area contributed by atoms with Crippen LogP contribution in [0.15, 0.2) is 18.5 Å². The summed E-state index contributed by atoms with van der Waals surface area (Å²) in [6.07, 6.45) is -3.44. The van der Waals surface area contributed by atoms with Gasteiger partial charge in [-0.1, -0.05) is 13.8 Å². The minimum absolute atomic E-state index is 0.0648. The SMILES string of the molecule is CC.Cc1cc(C(F)(F)F)c2c(c1)ncn2C1CC(F)C1. The standard InChI is InChI=1S/C13H12F4N2.C2H6/c1-7-2-10(13(15,16)17)12-11(3-7)18-6-19(12)9-4-8(14)5-9;1-2/h2-3,6,8-9H,4-5H2,1H3;1-2H3. The molecular weight excluding hydrogens is 284 g/mol. The van der Waals surface area contributed by atoms with Gasteiger partial charge in [0.2, 0.25) is 0 Å². The molecule has 0 amide bonds. The fraction of sp³-hybridized carbons (Fsp3) is 0.533. The van der Waals surface area contributed by atoms with E-state index in [1.165, 1.54) is 10.9 Å². The maximum Gasteiger partial charge on any atom is 0.418 e. The van der Waals surface area contributed by atoms with Gasteiger partial charge in [-0.3, -0.25) is 0 Å². The van der Waals surface area contributed by atoms with Gasteiger partial charge in [0.25, 0.3) is 0 Å². The number of benzene rings is 1. The first-order valence-corrected chi connectivity index (χ1v) is 7.04. The molecule has 0 atom stereocenters. The zero-order valence-corrected chi connectivity index (χ0v) is 12.2. The minimum atomic E-state index is -4.43. The lowest BCUT2D eigenvalue weighted by atomic mass is 9.90. The maximum absolute atomic E-state index is 13.1. The zero-order chi connectivity index (χ0) is 15.8. The molecule has 0 bridgehead atoms. The van der Waals surface area contributed by atoms with Gasteiger partial charge in [0.15, 0.2) is 0 Å². The number of hydrogen-bond acceptors (Lipinski definition) is 1. The maximum atomic E-state index is 13.1. The normalized spacial score (nSPS) is 21.7. The van der Waals surface area contributed by atoms with E-state index in [-0.39, 0.29) is 24.4 Å². The third-order valence-corrected chi connectivity index (χ3v) is 3.57. The number of nitrogens with zero attached hydrogens (tertiary/aromatic N) is 2. The van der Waals surface area contributed by atoms with Crippen molar-refractivity contribution in [3.8, 4) is 0 Å². The van der Waals surface area contributed by atoms with E-state index < -0.39 is 17.9 Å². The number of fused-ring (bicyclic) bond motifs is 1. The van der Waals surface area contributed by atoms with Gasteiger partial charge in [-0.15, -0.1) is 0 Å². The number of rotatable bonds is 1. The molecule has 6 heteroatoms. The Labute approximate surface area is 120 Å². The third kappa shape index (κ3) is 2.89. The van der Waals surface area contributed by atoms with E-state index in [0.29, 0.717) is 11.1 Å². The van der Waals surface area contributed by atoms with Gasteiger partial charge in [0, 0.05) is 6.04 Å². The van der Waals surface area contributed by atoms with Gasteiger partial charge in [-0.2, -0.15) is 13.2 Å². The van der Waals surface area contributed by atoms with E-state index >= 15 is 0 Å². The van der Waals surface area contributed by atoms with Crippen molar-refractivity contribution in [2.24, 2.45) is 0 Å². The van der Waals surface area contributed by atoms with Crippen LogP contribution in [0.25, 0.3) is 11.0 Å². The minimum Gasteiger partial charge on any atom is -0.327 e. The van der Waals surface area contributed by atoms with Crippen LogP contribution in [-0.2, 0) is 6.18 Å². The molecule has 3 rings (SSSR count). The molecule has 0 spiro atoms. The van der Waals surface area contributed by atoms with Gasteiger partial charge in [0.05, 0.1) is 22.9 Å². The average Bonchev–Trinajstić information content (AvgIpc) is 2.78. The summed E-state index contributed by atoms with van der Waals surface area (Å²) in [5.41, 5.74) is 0.203. The predicted octanol–water partition coefficient (Wildman–Crippen LogP) is 5.06. The fourth-order valence-electron chi connectivity index (χ4n) is 2.55. The van der Waals surface area contributed by atoms with Crippen LogP contribution in [0.5, 0.6) is 0 Å². The molecule has 0 aliphatic heterocycles. The van der Waals surface area contributed by atoms with Gasteiger partial charge in [-0.05, 0) is 37.5 Å². The number of halogens is 4. The van der Waals surface area contributed by atoms with Crippen molar-refractivity contribution in [1.29, 1.82) is 0 Å². The van der Waals surface area contributed by atoms with Crippen LogP contribution in [0.2, 0.25) is 0 Å². The number of aryl methyl sites for hydroxylation is 1. The van der Waals surface area contributed by atoms with Gasteiger partial charge in [-0.25, -0.2) is 9.37 Å². The van der Waals surface area contributed by atoms with E-state index in [0.717, 1.165) is 6.07 Å². The monoisotopic (exact) mass is 302 g/mol. The molecule has 2 aromatic rings. The molecule has 1 heterocycles. The van der Waals surface area contributed by atoms with Crippen molar-refractivity contribution in [1.82, 2.24) is 9.55 Å². The lowest BCUT2D eigenvalue weighted by molar-refractivity contribution is -0.136. The number of imidazole rings is 1. The molecular formula is C15H18F4N2. The Kier molecular flexibility index (Phi) is 4.25. The fourth-order valence-corrected chi connectivity index (χ4v) is 2.55. The van der Waals surface area contributed by atoms with E-state index in [1.54, 1.807) is 13.0 Å². The summed E-state index contributed by atoms with van der Waals surface area (Å²) < 4.78 is 53.7. The highest BCUT2D eigenvalue weighted by atomic mass is 19.4. The molecule has 0 N–H and O–H groups in total. The molecule has 1 fully saturated rings. The van der Waals surface area contributed by atoms with Crippen molar-refractivity contribution in [2.75, 3.05) is 0 Å². The van der Waals surface area contributed by atoms with Crippen LogP contribution in [0.3, 0.4) is 0 Å². The number of aromatic nitrogens is 2. The highest BCUT2D eigenvalue weighted by molar-refractivity contribution is 5.81. The van der Waals surface area contributed by atoms with Crippen molar-refractivity contribution in [3.05, 3.63) is 29.6 Å². The second-order valence-corrected chi connectivity index (χ2v) is 5.05. The van der Waals surface area contributed by atoms with E-state index in [2.05, 4.69) is 4.98 Å². The molecule has 21 heavy (non-hydrogen) atoms. The highest BCUT2D eigenvalue weighted by Gasteiger charge is 2.37. The molecule has 1 saturated carbocycles. The first-order chi connectivity index (χ1) is 9.86. The van der Waals surface area contributed by atoms with Crippen LogP contribution in [0.4, 0.5) is 17.6 Å².